The maximum Gasteiger partial charge on any atom is 0.241 e. The highest BCUT2D eigenvalue weighted by atomic mass is 16.2. The van der Waals surface area contributed by atoms with E-state index in [9.17, 15) is 9.59 Å². The molecule has 112 valence electrons. The lowest BCUT2D eigenvalue weighted by Gasteiger charge is -2.23. The second kappa shape index (κ2) is 6.15. The first kappa shape index (κ1) is 13.9. The Balaban J connectivity index is 1.37. The normalized spacial score (nSPS) is 33.1. The minimum Gasteiger partial charge on any atom is -0.273 e. The molecule has 2 N–H and O–H groups in total. The minimum atomic E-state index is -0.00768. The summed E-state index contributed by atoms with van der Waals surface area (Å²) in [5.41, 5.74) is 5.26. The van der Waals surface area contributed by atoms with Crippen molar-refractivity contribution in [3.63, 3.8) is 0 Å². The topological polar surface area (TPSA) is 58.2 Å². The molecule has 0 radical (unpaired) electrons. The van der Waals surface area contributed by atoms with Crippen molar-refractivity contribution in [1.82, 2.24) is 10.9 Å². The molecule has 3 fully saturated rings. The fourth-order valence-electron chi connectivity index (χ4n) is 4.51. The van der Waals surface area contributed by atoms with Crippen molar-refractivity contribution in [3.8, 4) is 0 Å². The van der Waals surface area contributed by atoms with Gasteiger partial charge in [-0.15, -0.1) is 0 Å². The van der Waals surface area contributed by atoms with E-state index in [0.29, 0.717) is 12.3 Å². The number of hydrogen-bond donors (Lipinski definition) is 2. The van der Waals surface area contributed by atoms with Gasteiger partial charge in [-0.25, -0.2) is 0 Å². The lowest BCUT2D eigenvalue weighted by Crippen LogP contribution is -2.45. The van der Waals surface area contributed by atoms with Crippen LogP contribution in [0.25, 0.3) is 0 Å². The van der Waals surface area contributed by atoms with E-state index < -0.39 is 0 Å². The van der Waals surface area contributed by atoms with Gasteiger partial charge >= 0.3 is 0 Å². The summed E-state index contributed by atoms with van der Waals surface area (Å²) in [7, 11) is 0. The number of rotatable bonds is 3. The summed E-state index contributed by atoms with van der Waals surface area (Å²) in [5.74, 6) is 2.29. The van der Waals surface area contributed by atoms with Crippen LogP contribution in [-0.4, -0.2) is 11.8 Å². The predicted molar refractivity (Wildman–Crippen MR) is 76.4 cm³/mol. The van der Waals surface area contributed by atoms with Crippen LogP contribution in [0.1, 0.15) is 64.2 Å². The molecular formula is C16H26N2O2. The van der Waals surface area contributed by atoms with Crippen LogP contribution in [0.2, 0.25) is 0 Å². The van der Waals surface area contributed by atoms with E-state index >= 15 is 0 Å². The zero-order valence-corrected chi connectivity index (χ0v) is 12.2. The van der Waals surface area contributed by atoms with Crippen molar-refractivity contribution in [1.29, 1.82) is 0 Å². The van der Waals surface area contributed by atoms with Crippen molar-refractivity contribution >= 4 is 11.8 Å². The van der Waals surface area contributed by atoms with Gasteiger partial charge in [0.05, 0.1) is 0 Å². The van der Waals surface area contributed by atoms with E-state index in [1.165, 1.54) is 32.1 Å². The van der Waals surface area contributed by atoms with Crippen LogP contribution in [0, 0.1) is 23.7 Å². The second-order valence-electron chi connectivity index (χ2n) is 7.01. The summed E-state index contributed by atoms with van der Waals surface area (Å²) < 4.78 is 0. The molecule has 2 amide bonds. The molecule has 3 saturated carbocycles. The Bertz CT molecular complexity index is 377. The third-order valence-electron chi connectivity index (χ3n) is 5.63. The molecule has 0 aromatic heterocycles. The average Bonchev–Trinajstić information content (AvgIpc) is 3.08. The average molecular weight is 278 g/mol. The number of fused-ring (bicyclic) bond motifs is 2. The van der Waals surface area contributed by atoms with Gasteiger partial charge in [-0.05, 0) is 49.9 Å². The molecule has 3 rings (SSSR count). The number of hydrazine groups is 1. The van der Waals surface area contributed by atoms with Gasteiger partial charge in [0.15, 0.2) is 0 Å². The van der Waals surface area contributed by atoms with E-state index in [1.54, 1.807) is 0 Å². The van der Waals surface area contributed by atoms with E-state index in [2.05, 4.69) is 10.9 Å². The van der Waals surface area contributed by atoms with E-state index in [4.69, 9.17) is 0 Å². The molecular weight excluding hydrogens is 252 g/mol. The number of carbonyl (C=O) groups is 2. The molecule has 4 nitrogen and oxygen atoms in total. The monoisotopic (exact) mass is 278 g/mol. The van der Waals surface area contributed by atoms with Crippen LogP contribution in [0.5, 0.6) is 0 Å². The fourth-order valence-corrected chi connectivity index (χ4v) is 4.51. The number of carbonyl (C=O) groups excluding carboxylic acids is 2. The van der Waals surface area contributed by atoms with Crippen LogP contribution in [-0.2, 0) is 9.59 Å². The van der Waals surface area contributed by atoms with E-state index in [1.807, 2.05) is 0 Å². The van der Waals surface area contributed by atoms with Crippen molar-refractivity contribution in [3.05, 3.63) is 0 Å². The first-order valence-electron chi connectivity index (χ1n) is 8.31. The van der Waals surface area contributed by atoms with E-state index in [0.717, 1.165) is 37.5 Å². The molecule has 3 atom stereocenters. The summed E-state index contributed by atoms with van der Waals surface area (Å²) in [6.45, 7) is 0. The molecule has 3 aliphatic carbocycles. The summed E-state index contributed by atoms with van der Waals surface area (Å²) in [5, 5.41) is 0. The Labute approximate surface area is 121 Å². The van der Waals surface area contributed by atoms with Crippen LogP contribution < -0.4 is 10.9 Å². The molecule has 0 aliphatic heterocycles. The third-order valence-corrected chi connectivity index (χ3v) is 5.63. The Hall–Kier alpha value is -1.06. The van der Waals surface area contributed by atoms with Crippen LogP contribution in [0.3, 0.4) is 0 Å². The SMILES string of the molecule is O=C(C[C@@H]1C[C@H]2CC[C@@H]1C2)NNC(=O)C1CCCCC1. The predicted octanol–water partition coefficient (Wildman–Crippen LogP) is 2.54. The van der Waals surface area contributed by atoms with Crippen LogP contribution >= 0.6 is 0 Å². The molecule has 0 spiro atoms. The van der Waals surface area contributed by atoms with Gasteiger partial charge in [0.1, 0.15) is 0 Å². The number of amides is 2. The smallest absolute Gasteiger partial charge is 0.241 e. The molecule has 2 bridgehead atoms. The standard InChI is InChI=1S/C16H26N2O2/c19-15(10-14-9-11-6-7-13(14)8-11)17-18-16(20)12-4-2-1-3-5-12/h11-14H,1-10H2,(H,17,19)(H,18,20)/t11-,13+,14-/m0/s1. The number of nitrogens with one attached hydrogen (secondary N) is 2. The Morgan fingerprint density at radius 3 is 2.35 bits per heavy atom. The van der Waals surface area contributed by atoms with Crippen LogP contribution in [0.15, 0.2) is 0 Å². The molecule has 0 aromatic carbocycles. The van der Waals surface area contributed by atoms with Crippen molar-refractivity contribution in [2.45, 2.75) is 64.2 Å². The third kappa shape index (κ3) is 3.15. The molecule has 0 heterocycles. The molecule has 3 aliphatic rings. The zero-order chi connectivity index (χ0) is 13.9. The molecule has 0 saturated heterocycles. The fraction of sp³-hybridized carbons (Fsp3) is 0.875. The zero-order valence-electron chi connectivity index (χ0n) is 12.2. The maximum absolute atomic E-state index is 11.9. The highest BCUT2D eigenvalue weighted by Gasteiger charge is 2.40. The van der Waals surface area contributed by atoms with Gasteiger partial charge < -0.3 is 0 Å². The molecule has 0 aromatic rings. The largest absolute Gasteiger partial charge is 0.273 e. The van der Waals surface area contributed by atoms with Crippen molar-refractivity contribution in [2.75, 3.05) is 0 Å². The Kier molecular flexibility index (Phi) is 4.27. The molecule has 4 heteroatoms. The van der Waals surface area contributed by atoms with Gasteiger partial charge in [-0.1, -0.05) is 25.7 Å². The van der Waals surface area contributed by atoms with Gasteiger partial charge in [0.25, 0.3) is 0 Å². The van der Waals surface area contributed by atoms with Gasteiger partial charge in [0.2, 0.25) is 11.8 Å². The maximum atomic E-state index is 11.9. The molecule has 20 heavy (non-hydrogen) atoms. The summed E-state index contributed by atoms with van der Waals surface area (Å²) in [6, 6.07) is 0. The Morgan fingerprint density at radius 2 is 1.70 bits per heavy atom. The van der Waals surface area contributed by atoms with Crippen molar-refractivity contribution in [2.24, 2.45) is 23.7 Å². The highest BCUT2D eigenvalue weighted by molar-refractivity contribution is 5.83. The Morgan fingerprint density at radius 1 is 0.900 bits per heavy atom. The summed E-state index contributed by atoms with van der Waals surface area (Å²) >= 11 is 0. The van der Waals surface area contributed by atoms with Crippen molar-refractivity contribution < 1.29 is 9.59 Å². The minimum absolute atomic E-state index is 0.00555. The van der Waals surface area contributed by atoms with Gasteiger partial charge in [0, 0.05) is 12.3 Å². The van der Waals surface area contributed by atoms with Crippen LogP contribution in [0.4, 0.5) is 0 Å². The summed E-state index contributed by atoms with van der Waals surface area (Å²) in [6.07, 6.45) is 11.2. The summed E-state index contributed by atoms with van der Waals surface area (Å²) in [4.78, 5) is 23.9. The first-order chi connectivity index (χ1) is 9.72. The van der Waals surface area contributed by atoms with Gasteiger partial charge in [-0.2, -0.15) is 0 Å². The van der Waals surface area contributed by atoms with E-state index in [-0.39, 0.29) is 17.7 Å². The number of hydrogen-bond acceptors (Lipinski definition) is 2. The highest BCUT2D eigenvalue weighted by Crippen LogP contribution is 2.49. The quantitative estimate of drug-likeness (QED) is 0.779. The lowest BCUT2D eigenvalue weighted by atomic mass is 9.86. The lowest BCUT2D eigenvalue weighted by molar-refractivity contribution is -0.132. The van der Waals surface area contributed by atoms with Gasteiger partial charge in [-0.3, -0.25) is 20.4 Å². The first-order valence-corrected chi connectivity index (χ1v) is 8.31. The molecule has 0 unspecified atom stereocenters. The second-order valence-corrected chi connectivity index (χ2v) is 7.01.